The topological polar surface area (TPSA) is 80.3 Å². The van der Waals surface area contributed by atoms with Crippen LogP contribution < -0.4 is 0 Å². The minimum Gasteiger partial charge on any atom is -0.308 e. The molecule has 0 bridgehead atoms. The zero-order chi connectivity index (χ0) is 41.5. The predicted molar refractivity (Wildman–Crippen MR) is 248 cm³/mol. The monoisotopic (exact) mass is 784 g/mol. The number of hydrogen-bond acceptors (Lipinski definition) is 5. The van der Waals surface area contributed by atoms with Crippen molar-refractivity contribution >= 4 is 21.8 Å². The van der Waals surface area contributed by atoms with Crippen molar-refractivity contribution in [2.24, 2.45) is 0 Å². The first-order valence-electron chi connectivity index (χ1n) is 20.5. The van der Waals surface area contributed by atoms with E-state index in [-0.39, 0.29) is 5.41 Å². The molecule has 0 fully saturated rings. The fourth-order valence-corrected chi connectivity index (χ4v) is 8.13. The highest BCUT2D eigenvalue weighted by atomic mass is 15.0. The van der Waals surface area contributed by atoms with Gasteiger partial charge < -0.3 is 4.57 Å². The quantitative estimate of drug-likeness (QED) is 0.161. The fourth-order valence-electron chi connectivity index (χ4n) is 8.13. The van der Waals surface area contributed by atoms with Crippen LogP contribution in [0.15, 0.2) is 188 Å². The maximum atomic E-state index is 10.9. The molecule has 0 saturated heterocycles. The van der Waals surface area contributed by atoms with Gasteiger partial charge in [0.1, 0.15) is 0 Å². The summed E-state index contributed by atoms with van der Waals surface area (Å²) in [7, 11) is 0. The third-order valence-corrected chi connectivity index (χ3v) is 11.2. The summed E-state index contributed by atoms with van der Waals surface area (Å²) in [5.74, 6) is 1.17. The third kappa shape index (κ3) is 7.03. The van der Waals surface area contributed by atoms with E-state index in [4.69, 9.17) is 19.9 Å². The molecule has 0 saturated carbocycles. The van der Waals surface area contributed by atoms with Crippen LogP contribution in [0.4, 0.5) is 0 Å². The average molecular weight is 785 g/mol. The van der Waals surface area contributed by atoms with Gasteiger partial charge in [-0.3, -0.25) is 0 Å². The lowest BCUT2D eigenvalue weighted by atomic mass is 9.86. The van der Waals surface area contributed by atoms with E-state index in [0.29, 0.717) is 28.6 Å². The Bertz CT molecular complexity index is 3010. The second-order valence-corrected chi connectivity index (χ2v) is 16.3. The summed E-state index contributed by atoms with van der Waals surface area (Å²) in [4.78, 5) is 21.0. The van der Waals surface area contributed by atoms with E-state index in [1.807, 2.05) is 121 Å². The highest BCUT2D eigenvalue weighted by Gasteiger charge is 2.26. The van der Waals surface area contributed by atoms with Gasteiger partial charge in [0.15, 0.2) is 11.6 Å². The van der Waals surface area contributed by atoms with Crippen LogP contribution in [-0.4, -0.2) is 24.5 Å². The zero-order valence-corrected chi connectivity index (χ0v) is 34.1. The summed E-state index contributed by atoms with van der Waals surface area (Å²) < 4.78 is 2.34. The van der Waals surface area contributed by atoms with E-state index in [1.165, 1.54) is 5.56 Å². The minimum absolute atomic E-state index is 0.0621. The van der Waals surface area contributed by atoms with Crippen LogP contribution >= 0.6 is 0 Å². The molecule has 3 aromatic heterocycles. The Morgan fingerprint density at radius 3 is 1.33 bits per heavy atom. The first kappa shape index (κ1) is 37.3. The Balaban J connectivity index is 1.37. The SMILES string of the molecule is CC(C)(C)c1ccc2c(c1)c1ccccc1n2-c1c(-c2cc(-c3ccccc3)nc(-c3ccccc3)n2)cc(C#N)cc1-c1cc(-c2ccccc2)nc(-c2ccccc2)n1. The van der Waals surface area contributed by atoms with E-state index < -0.39 is 0 Å². The van der Waals surface area contributed by atoms with Crippen LogP contribution in [0.1, 0.15) is 31.9 Å². The molecule has 6 heteroatoms. The van der Waals surface area contributed by atoms with Gasteiger partial charge in [-0.05, 0) is 53.4 Å². The summed E-state index contributed by atoms with van der Waals surface area (Å²) in [6, 6.07) is 66.3. The number of hydrogen-bond donors (Lipinski definition) is 0. The predicted octanol–water partition coefficient (Wildman–Crippen LogP) is 13.5. The van der Waals surface area contributed by atoms with E-state index in [2.05, 4.69) is 98.1 Å². The normalized spacial score (nSPS) is 11.5. The number of benzene rings is 7. The van der Waals surface area contributed by atoms with E-state index >= 15 is 0 Å². The van der Waals surface area contributed by atoms with E-state index in [1.54, 1.807) is 0 Å². The van der Waals surface area contributed by atoms with Gasteiger partial charge in [-0.2, -0.15) is 5.26 Å². The van der Waals surface area contributed by atoms with Gasteiger partial charge in [0, 0.05) is 44.2 Å². The van der Waals surface area contributed by atoms with Crippen molar-refractivity contribution in [2.75, 3.05) is 0 Å². The fraction of sp³-hybridized carbons (Fsp3) is 0.0727. The van der Waals surface area contributed by atoms with Crippen molar-refractivity contribution in [3.63, 3.8) is 0 Å². The molecule has 10 aromatic rings. The summed E-state index contributed by atoms with van der Waals surface area (Å²) in [6.07, 6.45) is 0. The Labute approximate surface area is 355 Å². The molecular weight excluding hydrogens is 745 g/mol. The molecule has 0 aliphatic carbocycles. The van der Waals surface area contributed by atoms with Crippen LogP contribution in [0.2, 0.25) is 0 Å². The maximum Gasteiger partial charge on any atom is 0.160 e. The molecule has 0 N–H and O–H groups in total. The lowest BCUT2D eigenvalue weighted by molar-refractivity contribution is 0.591. The van der Waals surface area contributed by atoms with Gasteiger partial charge in [-0.25, -0.2) is 19.9 Å². The van der Waals surface area contributed by atoms with Gasteiger partial charge in [0.05, 0.1) is 51.1 Å². The van der Waals surface area contributed by atoms with E-state index in [0.717, 1.165) is 72.3 Å². The number of para-hydroxylation sites is 1. The lowest BCUT2D eigenvalue weighted by Gasteiger charge is -2.21. The molecule has 0 aliphatic heterocycles. The second kappa shape index (κ2) is 15.3. The minimum atomic E-state index is -0.0621. The van der Waals surface area contributed by atoms with Gasteiger partial charge >= 0.3 is 0 Å². The highest BCUT2D eigenvalue weighted by molar-refractivity contribution is 6.11. The molecule has 61 heavy (non-hydrogen) atoms. The van der Waals surface area contributed by atoms with Crippen LogP contribution in [0, 0.1) is 11.3 Å². The largest absolute Gasteiger partial charge is 0.308 e. The molecular formula is C55H40N6. The summed E-state index contributed by atoms with van der Waals surface area (Å²) in [6.45, 7) is 6.74. The Kier molecular flexibility index (Phi) is 9.35. The molecule has 0 atom stereocenters. The number of fused-ring (bicyclic) bond motifs is 3. The van der Waals surface area contributed by atoms with Crippen molar-refractivity contribution in [3.8, 4) is 79.6 Å². The second-order valence-electron chi connectivity index (χ2n) is 16.3. The Morgan fingerprint density at radius 1 is 0.426 bits per heavy atom. The average Bonchev–Trinajstić information content (AvgIpc) is 3.65. The molecule has 0 spiro atoms. The van der Waals surface area contributed by atoms with Crippen LogP contribution in [0.3, 0.4) is 0 Å². The summed E-state index contributed by atoms with van der Waals surface area (Å²) >= 11 is 0. The summed E-state index contributed by atoms with van der Waals surface area (Å²) in [5.41, 5.74) is 12.7. The molecule has 6 nitrogen and oxygen atoms in total. The lowest BCUT2D eigenvalue weighted by Crippen LogP contribution is -2.10. The van der Waals surface area contributed by atoms with Crippen molar-refractivity contribution < 1.29 is 0 Å². The van der Waals surface area contributed by atoms with E-state index in [9.17, 15) is 5.26 Å². The van der Waals surface area contributed by atoms with Gasteiger partial charge in [-0.1, -0.05) is 166 Å². The number of nitriles is 1. The first-order chi connectivity index (χ1) is 29.8. The molecule has 290 valence electrons. The van der Waals surface area contributed by atoms with Crippen LogP contribution in [0.25, 0.3) is 95.3 Å². The number of nitrogens with zero attached hydrogens (tertiary/aromatic N) is 6. The van der Waals surface area contributed by atoms with Crippen molar-refractivity contribution in [1.29, 1.82) is 5.26 Å². The van der Waals surface area contributed by atoms with Gasteiger partial charge in [-0.15, -0.1) is 0 Å². The van der Waals surface area contributed by atoms with Crippen LogP contribution in [0.5, 0.6) is 0 Å². The molecule has 0 unspecified atom stereocenters. The third-order valence-electron chi connectivity index (χ3n) is 11.2. The smallest absolute Gasteiger partial charge is 0.160 e. The number of rotatable bonds is 7. The molecule has 0 radical (unpaired) electrons. The van der Waals surface area contributed by atoms with Gasteiger partial charge in [0.25, 0.3) is 0 Å². The molecule has 3 heterocycles. The Morgan fingerprint density at radius 2 is 0.852 bits per heavy atom. The number of aromatic nitrogens is 5. The molecule has 0 aliphatic rings. The van der Waals surface area contributed by atoms with Crippen molar-refractivity contribution in [2.45, 2.75) is 26.2 Å². The molecule has 10 rings (SSSR count). The Hall–Kier alpha value is -8.01. The van der Waals surface area contributed by atoms with Crippen molar-refractivity contribution in [1.82, 2.24) is 24.5 Å². The molecule has 0 amide bonds. The highest BCUT2D eigenvalue weighted by Crippen LogP contribution is 2.44. The first-order valence-corrected chi connectivity index (χ1v) is 20.5. The van der Waals surface area contributed by atoms with Crippen molar-refractivity contribution in [3.05, 3.63) is 199 Å². The molecule has 7 aromatic carbocycles. The zero-order valence-electron chi connectivity index (χ0n) is 34.1. The summed E-state index contributed by atoms with van der Waals surface area (Å²) in [5, 5.41) is 13.1. The van der Waals surface area contributed by atoms with Gasteiger partial charge in [0.2, 0.25) is 0 Å². The maximum absolute atomic E-state index is 10.9. The van der Waals surface area contributed by atoms with Crippen LogP contribution in [-0.2, 0) is 5.41 Å². The standard InChI is InChI=1S/C55H40N6/c1-55(2,3)41-28-29-51-43(32-41)42-26-16-17-27-50(42)61(51)52-44(48-33-46(37-18-8-4-9-19-37)57-53(59-48)39-22-12-6-13-23-39)30-36(35-56)31-45(52)49-34-47(38-20-10-5-11-21-38)58-54(60-49)40-24-14-7-15-25-40/h4-34H,1-3H3.